The highest BCUT2D eigenvalue weighted by molar-refractivity contribution is 7.99. The molecule has 0 aliphatic carbocycles. The molecule has 2 N–H and O–H groups in total. The molecule has 21 heavy (non-hydrogen) atoms. The molecular formula is C17H20FNOS. The van der Waals surface area contributed by atoms with Crippen LogP contribution in [0.2, 0.25) is 0 Å². The lowest BCUT2D eigenvalue weighted by molar-refractivity contribution is 0.414. The molecule has 0 spiro atoms. The zero-order valence-electron chi connectivity index (χ0n) is 12.7. The van der Waals surface area contributed by atoms with Gasteiger partial charge in [0.15, 0.2) is 0 Å². The second kappa shape index (κ2) is 5.98. The third-order valence-electron chi connectivity index (χ3n) is 3.23. The highest BCUT2D eigenvalue weighted by atomic mass is 32.2. The van der Waals surface area contributed by atoms with E-state index in [1.165, 1.54) is 30.5 Å². The van der Waals surface area contributed by atoms with Crippen LogP contribution in [0, 0.1) is 5.82 Å². The molecule has 0 heterocycles. The monoisotopic (exact) mass is 305 g/mol. The number of benzene rings is 2. The van der Waals surface area contributed by atoms with Crippen LogP contribution in [-0.2, 0) is 5.41 Å². The fourth-order valence-electron chi connectivity index (χ4n) is 1.96. The molecule has 2 nitrogen and oxygen atoms in total. The van der Waals surface area contributed by atoms with Gasteiger partial charge in [0.1, 0.15) is 11.6 Å². The third kappa shape index (κ3) is 3.70. The van der Waals surface area contributed by atoms with Gasteiger partial charge >= 0.3 is 0 Å². The van der Waals surface area contributed by atoms with E-state index < -0.39 is 0 Å². The van der Waals surface area contributed by atoms with Gasteiger partial charge in [-0.3, -0.25) is 0 Å². The Hall–Kier alpha value is -1.68. The summed E-state index contributed by atoms with van der Waals surface area (Å²) in [6, 6.07) is 11.1. The van der Waals surface area contributed by atoms with E-state index in [-0.39, 0.29) is 11.2 Å². The lowest BCUT2D eigenvalue weighted by Crippen LogP contribution is -2.10. The zero-order chi connectivity index (χ0) is 15.6. The third-order valence-corrected chi connectivity index (χ3v) is 4.27. The SMILES string of the molecule is COc1cc(Sc2ccc(C(C)(C)C)cc2)c(F)cc1N. The number of hydrogen-bond donors (Lipinski definition) is 1. The standard InChI is InChI=1S/C17H20FNOS/c1-17(2,3)11-5-7-12(8-6-11)21-16-10-15(20-4)14(19)9-13(16)18/h5-10H,19H2,1-4H3. The van der Waals surface area contributed by atoms with Gasteiger partial charge in [-0.15, -0.1) is 0 Å². The quantitative estimate of drug-likeness (QED) is 0.822. The molecule has 4 heteroatoms. The number of nitrogen functional groups attached to an aromatic ring is 1. The second-order valence-electron chi connectivity index (χ2n) is 5.90. The molecule has 2 rings (SSSR count). The Kier molecular flexibility index (Phi) is 4.47. The van der Waals surface area contributed by atoms with E-state index in [9.17, 15) is 4.39 Å². The van der Waals surface area contributed by atoms with Gasteiger partial charge in [-0.1, -0.05) is 44.7 Å². The minimum Gasteiger partial charge on any atom is -0.495 e. The summed E-state index contributed by atoms with van der Waals surface area (Å²) in [5, 5.41) is 0. The van der Waals surface area contributed by atoms with Crippen molar-refractivity contribution in [1.29, 1.82) is 0 Å². The molecule has 0 aromatic heterocycles. The first-order valence-electron chi connectivity index (χ1n) is 6.72. The summed E-state index contributed by atoms with van der Waals surface area (Å²) < 4.78 is 19.1. The van der Waals surface area contributed by atoms with E-state index in [0.29, 0.717) is 16.3 Å². The van der Waals surface area contributed by atoms with Gasteiger partial charge in [0.25, 0.3) is 0 Å². The molecular weight excluding hydrogens is 285 g/mol. The average Bonchev–Trinajstić information content (AvgIpc) is 2.41. The predicted octanol–water partition coefficient (Wildman–Crippen LogP) is 4.87. The Balaban J connectivity index is 2.26. The van der Waals surface area contributed by atoms with Crippen molar-refractivity contribution in [3.05, 3.63) is 47.8 Å². The van der Waals surface area contributed by atoms with Gasteiger partial charge in [-0.2, -0.15) is 0 Å². The molecule has 0 radical (unpaired) electrons. The normalized spacial score (nSPS) is 11.5. The number of ether oxygens (including phenoxy) is 1. The average molecular weight is 305 g/mol. The van der Waals surface area contributed by atoms with Gasteiger partial charge in [0, 0.05) is 11.0 Å². The first kappa shape index (κ1) is 15.7. The molecule has 0 atom stereocenters. The lowest BCUT2D eigenvalue weighted by atomic mass is 9.87. The summed E-state index contributed by atoms with van der Waals surface area (Å²) in [5.41, 5.74) is 7.36. The molecule has 0 saturated carbocycles. The van der Waals surface area contributed by atoms with E-state index in [1.807, 2.05) is 12.1 Å². The van der Waals surface area contributed by atoms with E-state index in [4.69, 9.17) is 10.5 Å². The Morgan fingerprint density at radius 1 is 1.10 bits per heavy atom. The summed E-state index contributed by atoms with van der Waals surface area (Å²) in [6.45, 7) is 6.50. The number of anilines is 1. The van der Waals surface area contributed by atoms with Crippen molar-refractivity contribution < 1.29 is 9.13 Å². The van der Waals surface area contributed by atoms with Crippen LogP contribution in [0.1, 0.15) is 26.3 Å². The van der Waals surface area contributed by atoms with Crippen LogP contribution in [0.25, 0.3) is 0 Å². The van der Waals surface area contributed by atoms with Crippen molar-refractivity contribution in [1.82, 2.24) is 0 Å². The molecule has 112 valence electrons. The molecule has 0 fully saturated rings. The van der Waals surface area contributed by atoms with Gasteiger partial charge in [-0.25, -0.2) is 4.39 Å². The fraction of sp³-hybridized carbons (Fsp3) is 0.294. The van der Waals surface area contributed by atoms with E-state index in [0.717, 1.165) is 4.90 Å². The number of halogens is 1. The minimum absolute atomic E-state index is 0.110. The summed E-state index contributed by atoms with van der Waals surface area (Å²) in [6.07, 6.45) is 0. The van der Waals surface area contributed by atoms with Gasteiger partial charge < -0.3 is 10.5 Å². The van der Waals surface area contributed by atoms with Crippen LogP contribution in [0.15, 0.2) is 46.2 Å². The van der Waals surface area contributed by atoms with E-state index in [1.54, 1.807) is 6.07 Å². The van der Waals surface area contributed by atoms with Crippen LogP contribution in [-0.4, -0.2) is 7.11 Å². The maximum Gasteiger partial charge on any atom is 0.143 e. The molecule has 0 aliphatic heterocycles. The highest BCUT2D eigenvalue weighted by Crippen LogP contribution is 2.36. The van der Waals surface area contributed by atoms with Crippen LogP contribution >= 0.6 is 11.8 Å². The smallest absolute Gasteiger partial charge is 0.143 e. The maximum atomic E-state index is 14.0. The molecule has 0 amide bonds. The zero-order valence-corrected chi connectivity index (χ0v) is 13.6. The summed E-state index contributed by atoms with van der Waals surface area (Å²) in [7, 11) is 1.52. The predicted molar refractivity (Wildman–Crippen MR) is 86.6 cm³/mol. The Morgan fingerprint density at radius 3 is 2.24 bits per heavy atom. The van der Waals surface area contributed by atoms with Crippen molar-refractivity contribution in [2.45, 2.75) is 36.0 Å². The molecule has 0 aliphatic rings. The van der Waals surface area contributed by atoms with E-state index >= 15 is 0 Å². The Bertz CT molecular complexity index is 632. The number of methoxy groups -OCH3 is 1. The lowest BCUT2D eigenvalue weighted by Gasteiger charge is -2.19. The number of rotatable bonds is 3. The highest BCUT2D eigenvalue weighted by Gasteiger charge is 2.14. The molecule has 2 aromatic rings. The van der Waals surface area contributed by atoms with Gasteiger partial charge in [-0.05, 0) is 29.2 Å². The van der Waals surface area contributed by atoms with Crippen molar-refractivity contribution in [3.63, 3.8) is 0 Å². The Labute approximate surface area is 129 Å². The minimum atomic E-state index is -0.335. The van der Waals surface area contributed by atoms with E-state index in [2.05, 4.69) is 32.9 Å². The van der Waals surface area contributed by atoms with Crippen molar-refractivity contribution in [2.75, 3.05) is 12.8 Å². The topological polar surface area (TPSA) is 35.2 Å². The van der Waals surface area contributed by atoms with Gasteiger partial charge in [0.05, 0.1) is 17.7 Å². The summed E-state index contributed by atoms with van der Waals surface area (Å²) >= 11 is 1.36. The summed E-state index contributed by atoms with van der Waals surface area (Å²) in [4.78, 5) is 1.48. The largest absolute Gasteiger partial charge is 0.495 e. The first-order valence-corrected chi connectivity index (χ1v) is 7.54. The van der Waals surface area contributed by atoms with Gasteiger partial charge in [0.2, 0.25) is 0 Å². The number of nitrogens with two attached hydrogens (primary N) is 1. The van der Waals surface area contributed by atoms with Crippen LogP contribution in [0.5, 0.6) is 5.75 Å². The van der Waals surface area contributed by atoms with Crippen LogP contribution < -0.4 is 10.5 Å². The van der Waals surface area contributed by atoms with Crippen molar-refractivity contribution in [2.24, 2.45) is 0 Å². The first-order chi connectivity index (χ1) is 9.81. The van der Waals surface area contributed by atoms with Crippen LogP contribution in [0.3, 0.4) is 0 Å². The second-order valence-corrected chi connectivity index (χ2v) is 7.02. The summed E-state index contributed by atoms with van der Waals surface area (Å²) in [5.74, 6) is 0.156. The molecule has 0 unspecified atom stereocenters. The Morgan fingerprint density at radius 2 is 1.71 bits per heavy atom. The maximum absolute atomic E-state index is 14.0. The molecule has 0 saturated heterocycles. The fourth-order valence-corrected chi connectivity index (χ4v) is 2.80. The molecule has 0 bridgehead atoms. The number of hydrogen-bond acceptors (Lipinski definition) is 3. The molecule has 2 aromatic carbocycles. The van der Waals surface area contributed by atoms with Crippen LogP contribution in [0.4, 0.5) is 10.1 Å². The van der Waals surface area contributed by atoms with Crippen molar-refractivity contribution in [3.8, 4) is 5.75 Å². The van der Waals surface area contributed by atoms with Crippen molar-refractivity contribution >= 4 is 17.4 Å².